The number of amides is 1. The van der Waals surface area contributed by atoms with E-state index in [0.29, 0.717) is 19.4 Å². The third-order valence-corrected chi connectivity index (χ3v) is 2.95. The fourth-order valence-electron chi connectivity index (χ4n) is 2.17. The lowest BCUT2D eigenvalue weighted by atomic mass is 10.0. The van der Waals surface area contributed by atoms with Gasteiger partial charge in [0.2, 0.25) is 0 Å². The molecule has 0 saturated heterocycles. The largest absolute Gasteiger partial charge is 0.444 e. The van der Waals surface area contributed by atoms with Crippen molar-refractivity contribution in [1.82, 2.24) is 5.32 Å². The van der Waals surface area contributed by atoms with Crippen LogP contribution in [0, 0.1) is 13.8 Å². The number of aryl methyl sites for hydroxylation is 2. The summed E-state index contributed by atoms with van der Waals surface area (Å²) < 4.78 is 5.15. The second kappa shape index (κ2) is 7.46. The molecule has 0 aliphatic heterocycles. The first-order valence-corrected chi connectivity index (χ1v) is 7.40. The van der Waals surface area contributed by atoms with E-state index in [0.717, 1.165) is 16.7 Å². The van der Waals surface area contributed by atoms with Crippen LogP contribution in [0.2, 0.25) is 0 Å². The van der Waals surface area contributed by atoms with Crippen LogP contribution in [0.15, 0.2) is 18.2 Å². The zero-order valence-electron chi connectivity index (χ0n) is 13.7. The number of carbonyl (C=O) groups excluding carboxylic acids is 1. The lowest BCUT2D eigenvalue weighted by Crippen LogP contribution is -2.33. The summed E-state index contributed by atoms with van der Waals surface area (Å²) in [6.07, 6.45) is 0.402. The van der Waals surface area contributed by atoms with Gasteiger partial charge >= 0.3 is 6.09 Å². The van der Waals surface area contributed by atoms with Gasteiger partial charge in [0.15, 0.2) is 0 Å². The number of carbonyl (C=O) groups is 1. The number of benzene rings is 1. The number of ether oxygens (including phenoxy) is 1. The van der Waals surface area contributed by atoms with E-state index < -0.39 is 17.8 Å². The second-order valence-electron chi connectivity index (χ2n) is 6.51. The summed E-state index contributed by atoms with van der Waals surface area (Å²) in [4.78, 5) is 11.5. The smallest absolute Gasteiger partial charge is 0.407 e. The molecule has 118 valence electrons. The van der Waals surface area contributed by atoms with E-state index in [1.165, 1.54) is 0 Å². The summed E-state index contributed by atoms with van der Waals surface area (Å²) in [5.41, 5.74) is 2.75. The fourth-order valence-corrected chi connectivity index (χ4v) is 2.17. The summed E-state index contributed by atoms with van der Waals surface area (Å²) in [7, 11) is 0. The van der Waals surface area contributed by atoms with Crippen LogP contribution in [0.5, 0.6) is 0 Å². The van der Waals surface area contributed by atoms with Crippen LogP contribution < -0.4 is 5.32 Å². The quantitative estimate of drug-likeness (QED) is 0.815. The molecule has 0 radical (unpaired) electrons. The molecule has 0 aliphatic rings. The van der Waals surface area contributed by atoms with Gasteiger partial charge in [-0.05, 0) is 53.0 Å². The van der Waals surface area contributed by atoms with Crippen molar-refractivity contribution in [3.8, 4) is 0 Å². The Labute approximate surface area is 127 Å². The topological polar surface area (TPSA) is 58.6 Å². The van der Waals surface area contributed by atoms with Gasteiger partial charge in [-0.1, -0.05) is 29.3 Å². The fraction of sp³-hybridized carbons (Fsp3) is 0.588. The predicted octanol–water partition coefficient (Wildman–Crippen LogP) is 3.64. The molecule has 1 atom stereocenters. The summed E-state index contributed by atoms with van der Waals surface area (Å²) >= 11 is 0. The average Bonchev–Trinajstić information content (AvgIpc) is 2.31. The van der Waals surface area contributed by atoms with E-state index in [2.05, 4.69) is 11.4 Å². The maximum Gasteiger partial charge on any atom is 0.407 e. The molecule has 0 bridgehead atoms. The lowest BCUT2D eigenvalue weighted by molar-refractivity contribution is 0.0523. The summed E-state index contributed by atoms with van der Waals surface area (Å²) in [5, 5.41) is 12.9. The van der Waals surface area contributed by atoms with E-state index in [-0.39, 0.29) is 0 Å². The van der Waals surface area contributed by atoms with Crippen molar-refractivity contribution < 1.29 is 14.6 Å². The van der Waals surface area contributed by atoms with E-state index >= 15 is 0 Å². The monoisotopic (exact) mass is 293 g/mol. The minimum atomic E-state index is -0.496. The van der Waals surface area contributed by atoms with Gasteiger partial charge in [-0.15, -0.1) is 0 Å². The first-order valence-electron chi connectivity index (χ1n) is 7.40. The van der Waals surface area contributed by atoms with E-state index in [4.69, 9.17) is 4.74 Å². The van der Waals surface area contributed by atoms with Crippen LogP contribution in [-0.4, -0.2) is 23.3 Å². The van der Waals surface area contributed by atoms with Gasteiger partial charge < -0.3 is 15.2 Å². The lowest BCUT2D eigenvalue weighted by Gasteiger charge is -2.19. The number of hydrogen-bond donors (Lipinski definition) is 2. The molecule has 0 aromatic heterocycles. The van der Waals surface area contributed by atoms with Crippen molar-refractivity contribution in [3.05, 3.63) is 34.9 Å². The molecule has 4 nitrogen and oxygen atoms in total. The van der Waals surface area contributed by atoms with Gasteiger partial charge in [0.05, 0.1) is 6.10 Å². The highest BCUT2D eigenvalue weighted by atomic mass is 16.6. The maximum atomic E-state index is 11.5. The van der Waals surface area contributed by atoms with Crippen LogP contribution in [0.1, 0.15) is 56.4 Å². The van der Waals surface area contributed by atoms with Crippen LogP contribution in [-0.2, 0) is 4.74 Å². The van der Waals surface area contributed by atoms with Gasteiger partial charge in [-0.25, -0.2) is 4.79 Å². The molecular formula is C17H27NO3. The standard InChI is InChI=1S/C17H27NO3/c1-12-9-13(2)11-14(10-12)15(19)7-6-8-18-16(20)21-17(3,4)5/h9-11,15,19H,6-8H2,1-5H3,(H,18,20)/t15-/m0/s1. The summed E-state index contributed by atoms with van der Waals surface area (Å²) in [6, 6.07) is 6.08. The van der Waals surface area contributed by atoms with Crippen LogP contribution in [0.25, 0.3) is 0 Å². The zero-order chi connectivity index (χ0) is 16.0. The molecule has 0 heterocycles. The number of aliphatic hydroxyl groups is 1. The number of aliphatic hydroxyl groups excluding tert-OH is 1. The normalized spacial score (nSPS) is 12.9. The third kappa shape index (κ3) is 7.14. The average molecular weight is 293 g/mol. The van der Waals surface area contributed by atoms with E-state index in [1.54, 1.807) is 0 Å². The molecule has 21 heavy (non-hydrogen) atoms. The second-order valence-corrected chi connectivity index (χ2v) is 6.51. The van der Waals surface area contributed by atoms with E-state index in [9.17, 15) is 9.90 Å². The van der Waals surface area contributed by atoms with Crippen LogP contribution in [0.4, 0.5) is 4.79 Å². The molecule has 1 rings (SSSR count). The Morgan fingerprint density at radius 3 is 2.33 bits per heavy atom. The van der Waals surface area contributed by atoms with Crippen molar-refractivity contribution >= 4 is 6.09 Å². The number of hydrogen-bond acceptors (Lipinski definition) is 3. The number of rotatable bonds is 5. The first-order chi connectivity index (χ1) is 9.67. The van der Waals surface area contributed by atoms with Crippen molar-refractivity contribution in [2.75, 3.05) is 6.54 Å². The minimum Gasteiger partial charge on any atom is -0.444 e. The number of alkyl carbamates (subject to hydrolysis) is 1. The molecule has 0 spiro atoms. The van der Waals surface area contributed by atoms with E-state index in [1.807, 2.05) is 46.8 Å². The molecule has 0 fully saturated rings. The van der Waals surface area contributed by atoms with Crippen LogP contribution >= 0.6 is 0 Å². The molecule has 4 heteroatoms. The highest BCUT2D eigenvalue weighted by molar-refractivity contribution is 5.67. The molecule has 0 aliphatic carbocycles. The summed E-state index contributed by atoms with van der Waals surface area (Å²) in [6.45, 7) is 10.0. The Hall–Kier alpha value is -1.55. The first kappa shape index (κ1) is 17.5. The Kier molecular flexibility index (Phi) is 6.21. The molecular weight excluding hydrogens is 266 g/mol. The van der Waals surface area contributed by atoms with Gasteiger partial charge in [-0.2, -0.15) is 0 Å². The van der Waals surface area contributed by atoms with Crippen LogP contribution in [0.3, 0.4) is 0 Å². The molecule has 1 aromatic carbocycles. The zero-order valence-corrected chi connectivity index (χ0v) is 13.7. The van der Waals surface area contributed by atoms with Crippen molar-refractivity contribution in [2.24, 2.45) is 0 Å². The Morgan fingerprint density at radius 1 is 1.24 bits per heavy atom. The highest BCUT2D eigenvalue weighted by Gasteiger charge is 2.15. The number of nitrogens with one attached hydrogen (secondary N) is 1. The Bertz CT molecular complexity index is 457. The highest BCUT2D eigenvalue weighted by Crippen LogP contribution is 2.20. The van der Waals surface area contributed by atoms with Gasteiger partial charge in [-0.3, -0.25) is 0 Å². The van der Waals surface area contributed by atoms with Gasteiger partial charge in [0.1, 0.15) is 5.60 Å². The maximum absolute atomic E-state index is 11.5. The molecule has 2 N–H and O–H groups in total. The SMILES string of the molecule is Cc1cc(C)cc([C@@H](O)CCCNC(=O)OC(C)(C)C)c1. The van der Waals surface area contributed by atoms with Crippen molar-refractivity contribution in [2.45, 2.75) is 59.2 Å². The third-order valence-electron chi connectivity index (χ3n) is 2.95. The van der Waals surface area contributed by atoms with Gasteiger partial charge in [0.25, 0.3) is 0 Å². The Morgan fingerprint density at radius 2 is 1.81 bits per heavy atom. The minimum absolute atomic E-state index is 0.414. The molecule has 0 saturated carbocycles. The van der Waals surface area contributed by atoms with Crippen molar-refractivity contribution in [1.29, 1.82) is 0 Å². The molecule has 1 amide bonds. The Balaban J connectivity index is 2.34. The molecule has 1 aromatic rings. The predicted molar refractivity (Wildman–Crippen MR) is 84.3 cm³/mol. The summed E-state index contributed by atoms with van der Waals surface area (Å²) in [5.74, 6) is 0. The van der Waals surface area contributed by atoms with Crippen molar-refractivity contribution in [3.63, 3.8) is 0 Å². The van der Waals surface area contributed by atoms with Gasteiger partial charge in [0, 0.05) is 6.54 Å². The molecule has 0 unspecified atom stereocenters.